The van der Waals surface area contributed by atoms with Gasteiger partial charge in [-0.15, -0.1) is 0 Å². The van der Waals surface area contributed by atoms with E-state index in [1.54, 1.807) is 22.5 Å². The number of piperidine rings is 1. The minimum Gasteiger partial charge on any atom is -0.207 e. The normalized spacial score (nSPS) is 18.6. The Hall–Kier alpha value is -0.870. The molecule has 0 bridgehead atoms. The molecule has 0 saturated carbocycles. The van der Waals surface area contributed by atoms with E-state index in [1.807, 2.05) is 13.0 Å². The maximum Gasteiger partial charge on any atom is 0.243 e. The van der Waals surface area contributed by atoms with Gasteiger partial charge in [-0.3, -0.25) is 0 Å². The number of hydrogen-bond acceptors (Lipinski definition) is 2. The maximum atomic E-state index is 12.3. The van der Waals surface area contributed by atoms with Crippen molar-refractivity contribution in [2.75, 3.05) is 13.1 Å². The molecule has 1 saturated heterocycles. The van der Waals surface area contributed by atoms with Gasteiger partial charge in [0.2, 0.25) is 10.0 Å². The molecule has 0 atom stereocenters. The van der Waals surface area contributed by atoms with Crippen molar-refractivity contribution in [3.05, 3.63) is 29.8 Å². The fourth-order valence-electron chi connectivity index (χ4n) is 2.03. The van der Waals surface area contributed by atoms with Gasteiger partial charge >= 0.3 is 0 Å². The van der Waals surface area contributed by atoms with E-state index in [0.717, 1.165) is 24.8 Å². The second-order valence-corrected chi connectivity index (χ2v) is 6.22. The predicted molar refractivity (Wildman–Crippen MR) is 63.8 cm³/mol. The van der Waals surface area contributed by atoms with Crippen LogP contribution in [-0.2, 0) is 10.0 Å². The molecule has 1 fully saturated rings. The van der Waals surface area contributed by atoms with Gasteiger partial charge in [-0.1, -0.05) is 18.6 Å². The fraction of sp³-hybridized carbons (Fsp3) is 0.500. The highest BCUT2D eigenvalue weighted by molar-refractivity contribution is 7.89. The van der Waals surface area contributed by atoms with Gasteiger partial charge < -0.3 is 0 Å². The molecular weight excluding hydrogens is 222 g/mol. The lowest BCUT2D eigenvalue weighted by Gasteiger charge is -2.25. The summed E-state index contributed by atoms with van der Waals surface area (Å²) in [6, 6.07) is 7.13. The van der Waals surface area contributed by atoms with Crippen LogP contribution < -0.4 is 0 Å². The zero-order valence-corrected chi connectivity index (χ0v) is 10.3. The van der Waals surface area contributed by atoms with Crippen molar-refractivity contribution < 1.29 is 8.42 Å². The molecule has 4 heteroatoms. The third-order valence-corrected chi connectivity index (χ3v) is 4.84. The summed E-state index contributed by atoms with van der Waals surface area (Å²) >= 11 is 0. The standard InChI is InChI=1S/C12H17NO2S/c1-11-6-5-7-12(10-11)16(14,15)13-8-3-2-4-9-13/h5-7,10H,2-4,8-9H2,1H3. The van der Waals surface area contributed by atoms with Gasteiger partial charge in [0.05, 0.1) is 4.90 Å². The SMILES string of the molecule is Cc1cccc(S(=O)(=O)N2CCCCC2)c1. The average molecular weight is 239 g/mol. The van der Waals surface area contributed by atoms with Crippen LogP contribution in [0.3, 0.4) is 0 Å². The van der Waals surface area contributed by atoms with Gasteiger partial charge in [0.25, 0.3) is 0 Å². The molecule has 0 N–H and O–H groups in total. The largest absolute Gasteiger partial charge is 0.243 e. The molecule has 88 valence electrons. The number of benzene rings is 1. The molecule has 16 heavy (non-hydrogen) atoms. The molecule has 0 spiro atoms. The number of aryl methyl sites for hydroxylation is 1. The molecule has 3 nitrogen and oxygen atoms in total. The first-order valence-electron chi connectivity index (χ1n) is 5.67. The average Bonchev–Trinajstić information content (AvgIpc) is 2.30. The van der Waals surface area contributed by atoms with Crippen molar-refractivity contribution in [2.45, 2.75) is 31.1 Å². The van der Waals surface area contributed by atoms with E-state index in [-0.39, 0.29) is 0 Å². The lowest BCUT2D eigenvalue weighted by atomic mass is 10.2. The zero-order valence-electron chi connectivity index (χ0n) is 9.52. The zero-order chi connectivity index (χ0) is 11.6. The second kappa shape index (κ2) is 4.55. The minimum absolute atomic E-state index is 0.425. The third kappa shape index (κ3) is 2.28. The van der Waals surface area contributed by atoms with Crippen molar-refractivity contribution in [3.8, 4) is 0 Å². The maximum absolute atomic E-state index is 12.3. The molecule has 1 aromatic rings. The highest BCUT2D eigenvalue weighted by atomic mass is 32.2. The summed E-state index contributed by atoms with van der Waals surface area (Å²) in [5, 5.41) is 0. The van der Waals surface area contributed by atoms with Crippen LogP contribution >= 0.6 is 0 Å². The smallest absolute Gasteiger partial charge is 0.207 e. The van der Waals surface area contributed by atoms with Gasteiger partial charge in [0, 0.05) is 13.1 Å². The fourth-order valence-corrected chi connectivity index (χ4v) is 3.65. The Kier molecular flexibility index (Phi) is 3.30. The molecule has 0 aliphatic carbocycles. The van der Waals surface area contributed by atoms with E-state index in [9.17, 15) is 8.42 Å². The van der Waals surface area contributed by atoms with Crippen LogP contribution in [0.1, 0.15) is 24.8 Å². The second-order valence-electron chi connectivity index (χ2n) is 4.28. The highest BCUT2D eigenvalue weighted by Gasteiger charge is 2.25. The Morgan fingerprint density at radius 2 is 1.81 bits per heavy atom. The van der Waals surface area contributed by atoms with Crippen molar-refractivity contribution in [1.29, 1.82) is 0 Å². The van der Waals surface area contributed by atoms with Crippen molar-refractivity contribution in [3.63, 3.8) is 0 Å². The van der Waals surface area contributed by atoms with Gasteiger partial charge in [-0.25, -0.2) is 8.42 Å². The number of nitrogens with zero attached hydrogens (tertiary/aromatic N) is 1. The van der Waals surface area contributed by atoms with Crippen LogP contribution in [0.25, 0.3) is 0 Å². The lowest BCUT2D eigenvalue weighted by molar-refractivity contribution is 0.346. The van der Waals surface area contributed by atoms with E-state index in [4.69, 9.17) is 0 Å². The Bertz CT molecular complexity index is 462. The van der Waals surface area contributed by atoms with Gasteiger partial charge in [0.15, 0.2) is 0 Å². The monoisotopic (exact) mass is 239 g/mol. The summed E-state index contributed by atoms with van der Waals surface area (Å²) in [7, 11) is -3.25. The van der Waals surface area contributed by atoms with Crippen LogP contribution in [0.15, 0.2) is 29.2 Å². The van der Waals surface area contributed by atoms with Crippen molar-refractivity contribution in [2.24, 2.45) is 0 Å². The Labute approximate surface area is 97.1 Å². The molecule has 1 aliphatic heterocycles. The molecule has 0 aromatic heterocycles. The lowest BCUT2D eigenvalue weighted by Crippen LogP contribution is -2.35. The van der Waals surface area contributed by atoms with Crippen molar-refractivity contribution in [1.82, 2.24) is 4.31 Å². The van der Waals surface area contributed by atoms with E-state index in [0.29, 0.717) is 18.0 Å². The minimum atomic E-state index is -3.25. The number of rotatable bonds is 2. The van der Waals surface area contributed by atoms with E-state index >= 15 is 0 Å². The Balaban J connectivity index is 2.30. The quantitative estimate of drug-likeness (QED) is 0.793. The first kappa shape index (κ1) is 11.6. The molecule has 0 unspecified atom stereocenters. The molecule has 0 amide bonds. The van der Waals surface area contributed by atoms with Gasteiger partial charge in [0.1, 0.15) is 0 Å². The van der Waals surface area contributed by atoms with Crippen molar-refractivity contribution >= 4 is 10.0 Å². The molecule has 1 heterocycles. The van der Waals surface area contributed by atoms with Gasteiger partial charge in [-0.05, 0) is 37.5 Å². The summed E-state index contributed by atoms with van der Waals surface area (Å²) in [5.41, 5.74) is 0.984. The van der Waals surface area contributed by atoms with E-state index in [2.05, 4.69) is 0 Å². The third-order valence-electron chi connectivity index (χ3n) is 2.94. The van der Waals surface area contributed by atoms with Crippen LogP contribution in [0, 0.1) is 6.92 Å². The van der Waals surface area contributed by atoms with Crippen LogP contribution in [-0.4, -0.2) is 25.8 Å². The Morgan fingerprint density at radius 1 is 1.12 bits per heavy atom. The molecular formula is C12H17NO2S. The van der Waals surface area contributed by atoms with Crippen LogP contribution in [0.4, 0.5) is 0 Å². The summed E-state index contributed by atoms with van der Waals surface area (Å²) in [5.74, 6) is 0. The number of sulfonamides is 1. The predicted octanol–water partition coefficient (Wildman–Crippen LogP) is 2.17. The summed E-state index contributed by atoms with van der Waals surface area (Å²) in [4.78, 5) is 0.425. The molecule has 0 radical (unpaired) electrons. The first-order chi connectivity index (χ1) is 7.60. The summed E-state index contributed by atoms with van der Waals surface area (Å²) in [6.45, 7) is 3.24. The highest BCUT2D eigenvalue weighted by Crippen LogP contribution is 2.20. The topological polar surface area (TPSA) is 37.4 Å². The molecule has 2 rings (SSSR count). The van der Waals surface area contributed by atoms with Crippen LogP contribution in [0.5, 0.6) is 0 Å². The summed E-state index contributed by atoms with van der Waals surface area (Å²) in [6.07, 6.45) is 3.09. The molecule has 1 aliphatic rings. The summed E-state index contributed by atoms with van der Waals surface area (Å²) < 4.78 is 26.1. The first-order valence-corrected chi connectivity index (χ1v) is 7.11. The van der Waals surface area contributed by atoms with E-state index in [1.165, 1.54) is 0 Å². The molecule has 1 aromatic carbocycles. The van der Waals surface area contributed by atoms with E-state index < -0.39 is 10.0 Å². The van der Waals surface area contributed by atoms with Gasteiger partial charge in [-0.2, -0.15) is 4.31 Å². The number of hydrogen-bond donors (Lipinski definition) is 0. The van der Waals surface area contributed by atoms with Crippen LogP contribution in [0.2, 0.25) is 0 Å². The Morgan fingerprint density at radius 3 is 2.44 bits per heavy atom.